The van der Waals surface area contributed by atoms with E-state index < -0.39 is 0 Å². The zero-order valence-electron chi connectivity index (χ0n) is 10.6. The molecule has 0 radical (unpaired) electrons. The highest BCUT2D eigenvalue weighted by Gasteiger charge is 2.01. The largest absolute Gasteiger partial charge is 0.504 e. The number of benzene rings is 1. The minimum Gasteiger partial charge on any atom is -0.504 e. The maximum absolute atomic E-state index is 10.2. The number of rotatable bonds is 5. The predicted octanol–water partition coefficient (Wildman–Crippen LogP) is 3.50. The second kappa shape index (κ2) is 9.70. The summed E-state index contributed by atoms with van der Waals surface area (Å²) in [6, 6.07) is 6.15. The summed E-state index contributed by atoms with van der Waals surface area (Å²) in [5.74, 6) is 0.171. The average Bonchev–Trinajstić information content (AvgIpc) is 2.35. The molecule has 0 bridgehead atoms. The molecule has 3 heteroatoms. The first-order valence-electron chi connectivity index (χ1n) is 6.07. The standard InChI is InChI=1S/C8H16O.C6H6O2/c1-3-5-6-8(4-2)7-9;7-5-3-1-2-4-6(5)8/h7-8H,3-6H2,1-2H3;1-4,7-8H. The summed E-state index contributed by atoms with van der Waals surface area (Å²) in [5.41, 5.74) is 0. The van der Waals surface area contributed by atoms with Crippen LogP contribution in [-0.2, 0) is 4.79 Å². The number of carbonyl (C=O) groups excluding carboxylic acids is 1. The second-order valence-corrected chi connectivity index (χ2v) is 3.94. The van der Waals surface area contributed by atoms with Crippen LogP contribution in [0.15, 0.2) is 24.3 Å². The Balaban J connectivity index is 0.000000302. The van der Waals surface area contributed by atoms with Crippen LogP contribution in [0.5, 0.6) is 11.5 Å². The smallest absolute Gasteiger partial charge is 0.157 e. The van der Waals surface area contributed by atoms with Crippen molar-refractivity contribution in [2.75, 3.05) is 0 Å². The van der Waals surface area contributed by atoms with Gasteiger partial charge in [0, 0.05) is 5.92 Å². The van der Waals surface area contributed by atoms with Gasteiger partial charge in [-0.25, -0.2) is 0 Å². The number of carbonyl (C=O) groups is 1. The topological polar surface area (TPSA) is 57.5 Å². The van der Waals surface area contributed by atoms with E-state index in [0.717, 1.165) is 19.1 Å². The summed E-state index contributed by atoms with van der Waals surface area (Å²) in [6.07, 6.45) is 5.55. The fourth-order valence-corrected chi connectivity index (χ4v) is 1.30. The number of phenolic OH excluding ortho intramolecular Hbond substituents is 2. The van der Waals surface area contributed by atoms with Crippen LogP contribution in [0.1, 0.15) is 39.5 Å². The van der Waals surface area contributed by atoms with Gasteiger partial charge in [-0.3, -0.25) is 0 Å². The Kier molecular flexibility index (Phi) is 8.84. The first kappa shape index (κ1) is 15.5. The lowest BCUT2D eigenvalue weighted by atomic mass is 10.0. The molecule has 0 saturated heterocycles. The van der Waals surface area contributed by atoms with Crippen LogP contribution in [0.25, 0.3) is 0 Å². The molecule has 2 N–H and O–H groups in total. The molecule has 1 atom stereocenters. The Morgan fingerprint density at radius 1 is 1.18 bits per heavy atom. The Hall–Kier alpha value is -1.51. The number of unbranched alkanes of at least 4 members (excludes halogenated alkanes) is 1. The minimum atomic E-state index is -0.0764. The average molecular weight is 238 g/mol. The fourth-order valence-electron chi connectivity index (χ4n) is 1.30. The Morgan fingerprint density at radius 2 is 1.71 bits per heavy atom. The van der Waals surface area contributed by atoms with Crippen LogP contribution in [0, 0.1) is 5.92 Å². The summed E-state index contributed by atoms with van der Waals surface area (Å²) >= 11 is 0. The third-order valence-electron chi connectivity index (χ3n) is 2.53. The third-order valence-corrected chi connectivity index (χ3v) is 2.53. The van der Waals surface area contributed by atoms with Crippen molar-refractivity contribution in [2.24, 2.45) is 5.92 Å². The van der Waals surface area contributed by atoms with E-state index in [0.29, 0.717) is 5.92 Å². The molecular formula is C14H22O3. The van der Waals surface area contributed by atoms with Crippen LogP contribution < -0.4 is 0 Å². The molecule has 1 rings (SSSR count). The van der Waals surface area contributed by atoms with E-state index in [2.05, 4.69) is 13.8 Å². The molecule has 0 aliphatic rings. The van der Waals surface area contributed by atoms with Crippen molar-refractivity contribution in [3.63, 3.8) is 0 Å². The lowest BCUT2D eigenvalue weighted by Gasteiger charge is -2.03. The highest BCUT2D eigenvalue weighted by Crippen LogP contribution is 2.21. The Morgan fingerprint density at radius 3 is 2.00 bits per heavy atom. The molecule has 0 aliphatic heterocycles. The van der Waals surface area contributed by atoms with Gasteiger partial charge in [0.2, 0.25) is 0 Å². The molecule has 0 saturated carbocycles. The van der Waals surface area contributed by atoms with Crippen molar-refractivity contribution < 1.29 is 15.0 Å². The molecule has 1 aromatic rings. The van der Waals surface area contributed by atoms with E-state index in [1.807, 2.05) is 0 Å². The molecule has 0 heterocycles. The van der Waals surface area contributed by atoms with E-state index >= 15 is 0 Å². The third kappa shape index (κ3) is 7.39. The number of para-hydroxylation sites is 2. The SMILES string of the molecule is CCCCC(C=O)CC.Oc1ccccc1O. The van der Waals surface area contributed by atoms with Crippen molar-refractivity contribution in [2.45, 2.75) is 39.5 Å². The highest BCUT2D eigenvalue weighted by molar-refractivity contribution is 5.53. The number of aldehydes is 1. The first-order chi connectivity index (χ1) is 8.15. The molecule has 96 valence electrons. The maximum atomic E-state index is 10.2. The van der Waals surface area contributed by atoms with Crippen molar-refractivity contribution in [3.05, 3.63) is 24.3 Å². The summed E-state index contributed by atoms with van der Waals surface area (Å²) in [7, 11) is 0. The number of hydrogen-bond donors (Lipinski definition) is 2. The van der Waals surface area contributed by atoms with Crippen LogP contribution in [0.2, 0.25) is 0 Å². The van der Waals surface area contributed by atoms with Gasteiger partial charge in [0.05, 0.1) is 0 Å². The quantitative estimate of drug-likeness (QED) is 0.609. The van der Waals surface area contributed by atoms with E-state index in [4.69, 9.17) is 10.2 Å². The van der Waals surface area contributed by atoms with E-state index in [1.165, 1.54) is 25.0 Å². The summed E-state index contributed by atoms with van der Waals surface area (Å²) < 4.78 is 0. The van der Waals surface area contributed by atoms with Crippen molar-refractivity contribution in [3.8, 4) is 11.5 Å². The first-order valence-corrected chi connectivity index (χ1v) is 6.07. The lowest BCUT2D eigenvalue weighted by Crippen LogP contribution is -1.98. The Bertz CT molecular complexity index is 289. The van der Waals surface area contributed by atoms with Gasteiger partial charge in [-0.1, -0.05) is 38.8 Å². The van der Waals surface area contributed by atoms with Crippen molar-refractivity contribution >= 4 is 6.29 Å². The number of aromatic hydroxyl groups is 2. The number of phenols is 2. The molecular weight excluding hydrogens is 216 g/mol. The van der Waals surface area contributed by atoms with Gasteiger partial charge in [0.25, 0.3) is 0 Å². The molecule has 17 heavy (non-hydrogen) atoms. The van der Waals surface area contributed by atoms with Crippen LogP contribution in [0.4, 0.5) is 0 Å². The molecule has 1 aromatic carbocycles. The second-order valence-electron chi connectivity index (χ2n) is 3.94. The fraction of sp³-hybridized carbons (Fsp3) is 0.500. The molecule has 0 amide bonds. The molecule has 3 nitrogen and oxygen atoms in total. The predicted molar refractivity (Wildman–Crippen MR) is 69.1 cm³/mol. The molecule has 0 spiro atoms. The summed E-state index contributed by atoms with van der Waals surface area (Å²) in [6.45, 7) is 4.21. The zero-order valence-corrected chi connectivity index (χ0v) is 10.6. The lowest BCUT2D eigenvalue weighted by molar-refractivity contribution is -0.111. The zero-order chi connectivity index (χ0) is 13.1. The van der Waals surface area contributed by atoms with E-state index in [1.54, 1.807) is 12.1 Å². The van der Waals surface area contributed by atoms with Gasteiger partial charge in [-0.15, -0.1) is 0 Å². The summed E-state index contributed by atoms with van der Waals surface area (Å²) in [5, 5.41) is 17.3. The van der Waals surface area contributed by atoms with Gasteiger partial charge in [0.15, 0.2) is 11.5 Å². The van der Waals surface area contributed by atoms with Crippen LogP contribution in [0.3, 0.4) is 0 Å². The molecule has 0 fully saturated rings. The maximum Gasteiger partial charge on any atom is 0.157 e. The van der Waals surface area contributed by atoms with Crippen LogP contribution >= 0.6 is 0 Å². The van der Waals surface area contributed by atoms with Crippen molar-refractivity contribution in [1.29, 1.82) is 0 Å². The van der Waals surface area contributed by atoms with Gasteiger partial charge in [-0.05, 0) is 25.0 Å². The monoisotopic (exact) mass is 238 g/mol. The minimum absolute atomic E-state index is 0.0764. The molecule has 1 unspecified atom stereocenters. The highest BCUT2D eigenvalue weighted by atomic mass is 16.3. The van der Waals surface area contributed by atoms with E-state index in [-0.39, 0.29) is 11.5 Å². The van der Waals surface area contributed by atoms with Gasteiger partial charge < -0.3 is 15.0 Å². The molecule has 0 aliphatic carbocycles. The van der Waals surface area contributed by atoms with Gasteiger partial charge in [-0.2, -0.15) is 0 Å². The van der Waals surface area contributed by atoms with Gasteiger partial charge in [0.1, 0.15) is 6.29 Å². The summed E-state index contributed by atoms with van der Waals surface area (Å²) in [4.78, 5) is 10.2. The normalized spacial score (nSPS) is 11.2. The molecule has 0 aromatic heterocycles. The van der Waals surface area contributed by atoms with Crippen molar-refractivity contribution in [1.82, 2.24) is 0 Å². The van der Waals surface area contributed by atoms with Gasteiger partial charge >= 0.3 is 0 Å². The van der Waals surface area contributed by atoms with E-state index in [9.17, 15) is 4.79 Å². The number of hydrogen-bond acceptors (Lipinski definition) is 3. The van der Waals surface area contributed by atoms with Crippen LogP contribution in [-0.4, -0.2) is 16.5 Å². The Labute approximate surface area is 103 Å².